The molecule has 0 N–H and O–H groups in total. The van der Waals surface area contributed by atoms with Gasteiger partial charge >= 0.3 is 0 Å². The van der Waals surface area contributed by atoms with E-state index in [0.29, 0.717) is 6.42 Å². The van der Waals surface area contributed by atoms with Crippen LogP contribution in [0.2, 0.25) is 0 Å². The number of hydrogen-bond acceptors (Lipinski definition) is 1. The van der Waals surface area contributed by atoms with Crippen molar-refractivity contribution in [2.45, 2.75) is 12.6 Å². The van der Waals surface area contributed by atoms with Gasteiger partial charge in [0.1, 0.15) is 6.17 Å². The first-order valence-electron chi connectivity index (χ1n) is 2.05. The minimum atomic E-state index is -0.940. The highest BCUT2D eigenvalue weighted by atomic mass is 35.5. The minimum Gasteiger partial charge on any atom is -0.281 e. The summed E-state index contributed by atoms with van der Waals surface area (Å²) in [7, 11) is 0. The third kappa shape index (κ3) is 0.911. The van der Waals surface area contributed by atoms with Crippen LogP contribution in [0.1, 0.15) is 6.42 Å². The van der Waals surface area contributed by atoms with Gasteiger partial charge in [-0.2, -0.15) is 0 Å². The summed E-state index contributed by atoms with van der Waals surface area (Å²) in [6, 6.07) is 0. The molecule has 1 aliphatic rings. The number of alkyl halides is 1. The fraction of sp³-hybridized carbons (Fsp3) is 0.750. The van der Waals surface area contributed by atoms with Crippen molar-refractivity contribution >= 4 is 16.8 Å². The zero-order valence-corrected chi connectivity index (χ0v) is 4.28. The lowest BCUT2D eigenvalue weighted by molar-refractivity contribution is -0.113. The molecule has 7 heavy (non-hydrogen) atoms. The molecule has 0 saturated heterocycles. The maximum Gasteiger partial charge on any atom is 0.227 e. The maximum absolute atomic E-state index is 11.7. The van der Waals surface area contributed by atoms with E-state index in [1.807, 2.05) is 0 Å². The van der Waals surface area contributed by atoms with E-state index in [-0.39, 0.29) is 0 Å². The van der Waals surface area contributed by atoms with Crippen LogP contribution in [0.4, 0.5) is 4.39 Å². The summed E-state index contributed by atoms with van der Waals surface area (Å²) in [5, 5.41) is -0.535. The summed E-state index contributed by atoms with van der Waals surface area (Å²) in [6.45, 7) is 0. The van der Waals surface area contributed by atoms with Gasteiger partial charge in [0.05, 0.1) is 5.92 Å². The van der Waals surface area contributed by atoms with Crippen LogP contribution >= 0.6 is 11.6 Å². The molecular formula is C4H4ClFO. The van der Waals surface area contributed by atoms with Crippen LogP contribution in [0.3, 0.4) is 0 Å². The molecule has 1 rings (SSSR count). The van der Waals surface area contributed by atoms with Crippen molar-refractivity contribution in [2.75, 3.05) is 0 Å². The number of rotatable bonds is 1. The normalized spacial score (nSPS) is 38.0. The molecular weight excluding hydrogens is 118 g/mol. The van der Waals surface area contributed by atoms with Crippen molar-refractivity contribution in [3.8, 4) is 0 Å². The first-order valence-corrected chi connectivity index (χ1v) is 2.43. The lowest BCUT2D eigenvalue weighted by Crippen LogP contribution is -1.89. The molecule has 0 bridgehead atoms. The molecule has 2 atom stereocenters. The first kappa shape index (κ1) is 5.04. The fourth-order valence-electron chi connectivity index (χ4n) is 0.399. The van der Waals surface area contributed by atoms with Gasteiger partial charge in [-0.3, -0.25) is 4.79 Å². The highest BCUT2D eigenvalue weighted by Gasteiger charge is 2.42. The Morgan fingerprint density at radius 1 is 1.86 bits per heavy atom. The van der Waals surface area contributed by atoms with Crippen LogP contribution in [0.5, 0.6) is 0 Å². The molecule has 0 heterocycles. The van der Waals surface area contributed by atoms with Gasteiger partial charge in [0.2, 0.25) is 5.24 Å². The summed E-state index contributed by atoms with van der Waals surface area (Å²) < 4.78 is 11.7. The molecule has 0 spiro atoms. The average Bonchev–Trinajstić information content (AvgIpc) is 2.17. The van der Waals surface area contributed by atoms with Gasteiger partial charge in [0.15, 0.2) is 0 Å². The molecule has 1 fully saturated rings. The lowest BCUT2D eigenvalue weighted by Gasteiger charge is -1.75. The topological polar surface area (TPSA) is 17.1 Å². The Balaban J connectivity index is 2.33. The van der Waals surface area contributed by atoms with Crippen LogP contribution in [0, 0.1) is 5.92 Å². The third-order valence-corrected chi connectivity index (χ3v) is 1.28. The van der Waals surface area contributed by atoms with Gasteiger partial charge in [-0.05, 0) is 18.0 Å². The zero-order valence-electron chi connectivity index (χ0n) is 3.53. The zero-order chi connectivity index (χ0) is 5.44. The van der Waals surface area contributed by atoms with Crippen molar-refractivity contribution in [3.63, 3.8) is 0 Å². The Morgan fingerprint density at radius 3 is 2.29 bits per heavy atom. The van der Waals surface area contributed by atoms with Gasteiger partial charge in [-0.25, -0.2) is 4.39 Å². The van der Waals surface area contributed by atoms with Crippen LogP contribution in [-0.2, 0) is 4.79 Å². The molecule has 1 nitrogen and oxygen atoms in total. The molecule has 0 aromatic heterocycles. The van der Waals surface area contributed by atoms with Gasteiger partial charge in [0.25, 0.3) is 0 Å². The van der Waals surface area contributed by atoms with E-state index in [1.54, 1.807) is 0 Å². The molecule has 3 heteroatoms. The molecule has 1 saturated carbocycles. The van der Waals surface area contributed by atoms with Crippen molar-refractivity contribution in [1.29, 1.82) is 0 Å². The molecule has 0 aromatic rings. The van der Waals surface area contributed by atoms with E-state index in [9.17, 15) is 9.18 Å². The molecule has 1 aliphatic carbocycles. The highest BCUT2D eigenvalue weighted by Crippen LogP contribution is 2.35. The predicted molar refractivity (Wildman–Crippen MR) is 23.9 cm³/mol. The SMILES string of the molecule is O=C(Cl)C1CC1F. The molecule has 0 radical (unpaired) electrons. The Kier molecular flexibility index (Phi) is 1.04. The van der Waals surface area contributed by atoms with E-state index in [1.165, 1.54) is 0 Å². The average molecular weight is 123 g/mol. The van der Waals surface area contributed by atoms with E-state index in [2.05, 4.69) is 0 Å². The van der Waals surface area contributed by atoms with Crippen LogP contribution in [0.15, 0.2) is 0 Å². The van der Waals surface area contributed by atoms with Crippen molar-refractivity contribution < 1.29 is 9.18 Å². The summed E-state index contributed by atoms with van der Waals surface area (Å²) in [5.74, 6) is -0.471. The number of carbonyl (C=O) groups is 1. The molecule has 0 aliphatic heterocycles. The minimum absolute atomic E-state index is 0.336. The fourth-order valence-corrected chi connectivity index (χ4v) is 0.625. The summed E-state index contributed by atoms with van der Waals surface area (Å²) in [5.41, 5.74) is 0. The molecule has 0 aromatic carbocycles. The smallest absolute Gasteiger partial charge is 0.227 e. The van der Waals surface area contributed by atoms with Crippen LogP contribution in [-0.4, -0.2) is 11.4 Å². The van der Waals surface area contributed by atoms with Gasteiger partial charge < -0.3 is 0 Å². The monoisotopic (exact) mass is 122 g/mol. The Labute approximate surface area is 45.5 Å². The Morgan fingerprint density at radius 2 is 2.29 bits per heavy atom. The second-order valence-electron chi connectivity index (χ2n) is 1.66. The van der Waals surface area contributed by atoms with Gasteiger partial charge in [-0.15, -0.1) is 0 Å². The molecule has 40 valence electrons. The summed E-state index contributed by atoms with van der Waals surface area (Å²) >= 11 is 4.89. The Hall–Kier alpha value is -0.110. The van der Waals surface area contributed by atoms with Crippen LogP contribution < -0.4 is 0 Å². The lowest BCUT2D eigenvalue weighted by atomic mass is 10.5. The van der Waals surface area contributed by atoms with Gasteiger partial charge in [-0.1, -0.05) is 0 Å². The Bertz CT molecular complexity index is 104. The van der Waals surface area contributed by atoms with E-state index < -0.39 is 17.3 Å². The summed E-state index contributed by atoms with van der Waals surface area (Å²) in [6.07, 6.45) is -0.604. The van der Waals surface area contributed by atoms with Crippen molar-refractivity contribution in [3.05, 3.63) is 0 Å². The summed E-state index contributed by atoms with van der Waals surface area (Å²) in [4.78, 5) is 9.94. The number of carbonyl (C=O) groups excluding carboxylic acids is 1. The second kappa shape index (κ2) is 1.44. The highest BCUT2D eigenvalue weighted by molar-refractivity contribution is 6.64. The largest absolute Gasteiger partial charge is 0.281 e. The molecule has 0 amide bonds. The van der Waals surface area contributed by atoms with Crippen molar-refractivity contribution in [1.82, 2.24) is 0 Å². The van der Waals surface area contributed by atoms with E-state index in [0.717, 1.165) is 0 Å². The second-order valence-corrected chi connectivity index (χ2v) is 2.03. The standard InChI is InChI=1S/C4H4ClFO/c5-4(7)2-1-3(2)6/h2-3H,1H2. The van der Waals surface area contributed by atoms with Gasteiger partial charge in [0, 0.05) is 0 Å². The first-order chi connectivity index (χ1) is 3.22. The number of halogens is 2. The molecule has 2 unspecified atom stereocenters. The van der Waals surface area contributed by atoms with E-state index in [4.69, 9.17) is 11.6 Å². The van der Waals surface area contributed by atoms with Crippen molar-refractivity contribution in [2.24, 2.45) is 5.92 Å². The van der Waals surface area contributed by atoms with E-state index >= 15 is 0 Å². The third-order valence-electron chi connectivity index (χ3n) is 1.00. The quantitative estimate of drug-likeness (QED) is 0.476. The predicted octanol–water partition coefficient (Wildman–Crippen LogP) is 1.11. The number of hydrogen-bond donors (Lipinski definition) is 0. The van der Waals surface area contributed by atoms with Crippen LogP contribution in [0.25, 0.3) is 0 Å². The maximum atomic E-state index is 11.7.